The number of hydrogen-bond donors (Lipinski definition) is 0. The van der Waals surface area contributed by atoms with Crippen molar-refractivity contribution in [3.05, 3.63) is 24.2 Å². The van der Waals surface area contributed by atoms with Crippen LogP contribution in [0.2, 0.25) is 0 Å². The van der Waals surface area contributed by atoms with E-state index in [0.717, 1.165) is 31.9 Å². The van der Waals surface area contributed by atoms with Gasteiger partial charge in [-0.25, -0.2) is 0 Å². The lowest BCUT2D eigenvalue weighted by molar-refractivity contribution is 0.0805. The molecule has 4 heteroatoms. The standard InChI is InChI=1S/C13H19N3O/c1-13(11-14,10-12-4-3-9-17-12)16-7-5-15(2)6-8-16/h3-4,9H,5-8,10H2,1-2H3. The molecule has 17 heavy (non-hydrogen) atoms. The molecule has 0 aromatic carbocycles. The summed E-state index contributed by atoms with van der Waals surface area (Å²) < 4.78 is 5.35. The molecule has 2 rings (SSSR count). The van der Waals surface area contributed by atoms with Gasteiger partial charge in [0.25, 0.3) is 0 Å². The zero-order valence-corrected chi connectivity index (χ0v) is 10.5. The van der Waals surface area contributed by atoms with E-state index in [2.05, 4.69) is 22.9 Å². The van der Waals surface area contributed by atoms with Crippen molar-refractivity contribution in [1.82, 2.24) is 9.80 Å². The largest absolute Gasteiger partial charge is 0.469 e. The molecule has 0 radical (unpaired) electrons. The third-order valence-corrected chi connectivity index (χ3v) is 3.54. The van der Waals surface area contributed by atoms with Gasteiger partial charge in [0, 0.05) is 32.6 Å². The summed E-state index contributed by atoms with van der Waals surface area (Å²) in [6.45, 7) is 5.94. The molecule has 2 heterocycles. The summed E-state index contributed by atoms with van der Waals surface area (Å²) in [5.41, 5.74) is -0.459. The molecule has 0 amide bonds. The molecule has 1 aromatic rings. The van der Waals surface area contributed by atoms with Crippen LogP contribution in [0, 0.1) is 11.3 Å². The van der Waals surface area contributed by atoms with Gasteiger partial charge in [0.1, 0.15) is 11.3 Å². The third-order valence-electron chi connectivity index (χ3n) is 3.54. The van der Waals surface area contributed by atoms with Crippen molar-refractivity contribution in [3.8, 4) is 6.07 Å². The summed E-state index contributed by atoms with van der Waals surface area (Å²) in [6.07, 6.45) is 2.32. The molecule has 0 saturated carbocycles. The van der Waals surface area contributed by atoms with E-state index in [1.54, 1.807) is 6.26 Å². The second-order valence-corrected chi connectivity index (χ2v) is 4.93. The average Bonchev–Trinajstić information content (AvgIpc) is 2.82. The Morgan fingerprint density at radius 2 is 2.12 bits per heavy atom. The first kappa shape index (κ1) is 12.2. The van der Waals surface area contributed by atoms with Crippen LogP contribution in [0.4, 0.5) is 0 Å². The van der Waals surface area contributed by atoms with Crippen molar-refractivity contribution in [3.63, 3.8) is 0 Å². The second-order valence-electron chi connectivity index (χ2n) is 4.93. The Hall–Kier alpha value is -1.31. The number of nitrogens with zero attached hydrogens (tertiary/aromatic N) is 3. The van der Waals surface area contributed by atoms with Crippen LogP contribution in [0.1, 0.15) is 12.7 Å². The van der Waals surface area contributed by atoms with Crippen molar-refractivity contribution in [2.24, 2.45) is 0 Å². The Kier molecular flexibility index (Phi) is 3.51. The van der Waals surface area contributed by atoms with E-state index in [1.807, 2.05) is 19.1 Å². The van der Waals surface area contributed by atoms with Crippen molar-refractivity contribution < 1.29 is 4.42 Å². The minimum Gasteiger partial charge on any atom is -0.469 e. The molecule has 1 aliphatic heterocycles. The SMILES string of the molecule is CN1CCN(C(C)(C#N)Cc2ccco2)CC1. The van der Waals surface area contributed by atoms with Gasteiger partial charge in [-0.1, -0.05) is 0 Å². The van der Waals surface area contributed by atoms with Crippen LogP contribution in [0.3, 0.4) is 0 Å². The van der Waals surface area contributed by atoms with E-state index >= 15 is 0 Å². The maximum Gasteiger partial charge on any atom is 0.113 e. The molecule has 0 N–H and O–H groups in total. The van der Waals surface area contributed by atoms with Gasteiger partial charge in [-0.05, 0) is 26.1 Å². The number of piperazine rings is 1. The highest BCUT2D eigenvalue weighted by Gasteiger charge is 2.34. The molecular weight excluding hydrogens is 214 g/mol. The molecule has 0 aliphatic carbocycles. The van der Waals surface area contributed by atoms with Gasteiger partial charge >= 0.3 is 0 Å². The molecule has 0 bridgehead atoms. The van der Waals surface area contributed by atoms with E-state index in [1.165, 1.54) is 0 Å². The molecule has 1 aliphatic rings. The number of rotatable bonds is 3. The molecule has 1 fully saturated rings. The zero-order valence-electron chi connectivity index (χ0n) is 10.5. The van der Waals surface area contributed by atoms with E-state index in [9.17, 15) is 5.26 Å². The Morgan fingerprint density at radius 3 is 2.65 bits per heavy atom. The first-order valence-electron chi connectivity index (χ1n) is 6.01. The molecular formula is C13H19N3O. The topological polar surface area (TPSA) is 43.4 Å². The Balaban J connectivity index is 2.06. The van der Waals surface area contributed by atoms with Crippen LogP contribution < -0.4 is 0 Å². The summed E-state index contributed by atoms with van der Waals surface area (Å²) in [5, 5.41) is 9.46. The first-order chi connectivity index (χ1) is 8.14. The number of likely N-dealkylation sites (N-methyl/N-ethyl adjacent to an activating group) is 1. The van der Waals surface area contributed by atoms with Gasteiger partial charge < -0.3 is 9.32 Å². The van der Waals surface area contributed by atoms with Crippen molar-refractivity contribution in [2.45, 2.75) is 18.9 Å². The third kappa shape index (κ3) is 2.68. The van der Waals surface area contributed by atoms with Crippen LogP contribution in [-0.4, -0.2) is 48.6 Å². The molecule has 1 saturated heterocycles. The molecule has 1 unspecified atom stereocenters. The fourth-order valence-corrected chi connectivity index (χ4v) is 2.27. The van der Waals surface area contributed by atoms with Crippen LogP contribution in [0.15, 0.2) is 22.8 Å². The van der Waals surface area contributed by atoms with Gasteiger partial charge in [-0.15, -0.1) is 0 Å². The predicted molar refractivity (Wildman–Crippen MR) is 65.5 cm³/mol. The second kappa shape index (κ2) is 4.91. The quantitative estimate of drug-likeness (QED) is 0.790. The summed E-state index contributed by atoms with van der Waals surface area (Å²) in [7, 11) is 2.12. The molecule has 4 nitrogen and oxygen atoms in total. The lowest BCUT2D eigenvalue weighted by Gasteiger charge is -2.40. The van der Waals surface area contributed by atoms with Gasteiger partial charge in [-0.3, -0.25) is 4.90 Å². The van der Waals surface area contributed by atoms with Crippen LogP contribution in [-0.2, 0) is 6.42 Å². The van der Waals surface area contributed by atoms with Gasteiger partial charge in [0.15, 0.2) is 0 Å². The van der Waals surface area contributed by atoms with Crippen LogP contribution in [0.5, 0.6) is 0 Å². The average molecular weight is 233 g/mol. The zero-order chi connectivity index (χ0) is 12.3. The van der Waals surface area contributed by atoms with Crippen LogP contribution in [0.25, 0.3) is 0 Å². The monoisotopic (exact) mass is 233 g/mol. The number of furan rings is 1. The Morgan fingerprint density at radius 1 is 1.41 bits per heavy atom. The highest BCUT2D eigenvalue weighted by atomic mass is 16.3. The van der Waals surface area contributed by atoms with Crippen molar-refractivity contribution in [2.75, 3.05) is 33.2 Å². The highest BCUT2D eigenvalue weighted by Crippen LogP contribution is 2.22. The van der Waals surface area contributed by atoms with Crippen LogP contribution >= 0.6 is 0 Å². The van der Waals surface area contributed by atoms with Crippen molar-refractivity contribution >= 4 is 0 Å². The molecule has 0 spiro atoms. The minimum absolute atomic E-state index is 0.459. The lowest BCUT2D eigenvalue weighted by Crippen LogP contribution is -2.55. The maximum absolute atomic E-state index is 9.46. The fourth-order valence-electron chi connectivity index (χ4n) is 2.27. The first-order valence-corrected chi connectivity index (χ1v) is 6.01. The fraction of sp³-hybridized carbons (Fsp3) is 0.615. The summed E-state index contributed by atoms with van der Waals surface area (Å²) in [5.74, 6) is 0.882. The predicted octanol–water partition coefficient (Wildman–Crippen LogP) is 1.35. The van der Waals surface area contributed by atoms with Gasteiger partial charge in [0.05, 0.1) is 12.3 Å². The Bertz CT molecular complexity index is 387. The van der Waals surface area contributed by atoms with E-state index < -0.39 is 5.54 Å². The van der Waals surface area contributed by atoms with Crippen molar-refractivity contribution in [1.29, 1.82) is 5.26 Å². The normalized spacial score (nSPS) is 21.9. The number of nitriles is 1. The van der Waals surface area contributed by atoms with E-state index in [4.69, 9.17) is 4.42 Å². The lowest BCUT2D eigenvalue weighted by atomic mass is 9.95. The Labute approximate surface area is 102 Å². The number of hydrogen-bond acceptors (Lipinski definition) is 4. The van der Waals surface area contributed by atoms with Gasteiger partial charge in [-0.2, -0.15) is 5.26 Å². The minimum atomic E-state index is -0.459. The maximum atomic E-state index is 9.46. The summed E-state index contributed by atoms with van der Waals surface area (Å²) in [4.78, 5) is 4.55. The summed E-state index contributed by atoms with van der Waals surface area (Å²) >= 11 is 0. The molecule has 92 valence electrons. The smallest absolute Gasteiger partial charge is 0.113 e. The van der Waals surface area contributed by atoms with E-state index in [0.29, 0.717) is 6.42 Å². The molecule has 1 aromatic heterocycles. The molecule has 1 atom stereocenters. The van der Waals surface area contributed by atoms with E-state index in [-0.39, 0.29) is 0 Å². The van der Waals surface area contributed by atoms with Gasteiger partial charge in [0.2, 0.25) is 0 Å². The highest BCUT2D eigenvalue weighted by molar-refractivity contribution is 5.14. The summed E-state index contributed by atoms with van der Waals surface area (Å²) in [6, 6.07) is 6.26.